The van der Waals surface area contributed by atoms with Crippen molar-refractivity contribution in [2.75, 3.05) is 5.32 Å². The number of hydrogen-bond acceptors (Lipinski definition) is 3. The first kappa shape index (κ1) is 14.9. The van der Waals surface area contributed by atoms with Gasteiger partial charge in [-0.1, -0.05) is 40.9 Å². The lowest BCUT2D eigenvalue weighted by Crippen LogP contribution is -2.04. The Morgan fingerprint density at radius 1 is 1.10 bits per heavy atom. The molecule has 0 aliphatic rings. The van der Waals surface area contributed by atoms with Gasteiger partial charge < -0.3 is 5.32 Å². The molecule has 20 heavy (non-hydrogen) atoms. The van der Waals surface area contributed by atoms with Crippen LogP contribution in [0.2, 0.25) is 15.1 Å². The average Bonchev–Trinajstić information content (AvgIpc) is 2.37. The molecule has 7 heteroatoms. The van der Waals surface area contributed by atoms with Crippen LogP contribution in [0.15, 0.2) is 36.4 Å². The Morgan fingerprint density at radius 2 is 1.75 bits per heavy atom. The zero-order chi connectivity index (χ0) is 14.7. The van der Waals surface area contributed by atoms with E-state index in [0.717, 1.165) is 0 Å². The van der Waals surface area contributed by atoms with Gasteiger partial charge in [0, 0.05) is 17.6 Å². The van der Waals surface area contributed by atoms with E-state index in [9.17, 15) is 10.1 Å². The number of para-hydroxylation sites is 1. The summed E-state index contributed by atoms with van der Waals surface area (Å²) >= 11 is 17.9. The Balaban J connectivity index is 2.27. The Labute approximate surface area is 130 Å². The van der Waals surface area contributed by atoms with Crippen LogP contribution in [0.1, 0.15) is 5.56 Å². The molecular weight excluding hydrogens is 323 g/mol. The third-order valence-corrected chi connectivity index (χ3v) is 3.52. The molecule has 0 amide bonds. The van der Waals surface area contributed by atoms with Gasteiger partial charge in [0.2, 0.25) is 0 Å². The van der Waals surface area contributed by atoms with Crippen LogP contribution in [0.5, 0.6) is 0 Å². The number of anilines is 1. The highest BCUT2D eigenvalue weighted by molar-refractivity contribution is 6.39. The maximum absolute atomic E-state index is 11.0. The highest BCUT2D eigenvalue weighted by atomic mass is 35.5. The van der Waals surface area contributed by atoms with Crippen LogP contribution in [0.25, 0.3) is 0 Å². The van der Waals surface area contributed by atoms with E-state index in [1.807, 2.05) is 0 Å². The number of benzene rings is 2. The quantitative estimate of drug-likeness (QED) is 0.621. The largest absolute Gasteiger partial charge is 0.378 e. The molecule has 0 aromatic heterocycles. The van der Waals surface area contributed by atoms with Crippen molar-refractivity contribution in [2.45, 2.75) is 6.54 Å². The Morgan fingerprint density at radius 3 is 2.35 bits per heavy atom. The zero-order valence-corrected chi connectivity index (χ0v) is 12.3. The predicted molar refractivity (Wildman–Crippen MR) is 81.9 cm³/mol. The molecule has 0 heterocycles. The second-order valence-electron chi connectivity index (χ2n) is 3.98. The van der Waals surface area contributed by atoms with E-state index in [4.69, 9.17) is 34.8 Å². The molecule has 0 atom stereocenters. The lowest BCUT2D eigenvalue weighted by atomic mass is 10.1. The summed E-state index contributed by atoms with van der Waals surface area (Å²) in [5.41, 5.74) is 0.980. The van der Waals surface area contributed by atoms with E-state index in [0.29, 0.717) is 26.3 Å². The number of nitro groups is 1. The van der Waals surface area contributed by atoms with Crippen molar-refractivity contribution in [1.29, 1.82) is 0 Å². The molecule has 2 aromatic rings. The summed E-state index contributed by atoms with van der Waals surface area (Å²) in [6.45, 7) is 0.195. The number of hydrogen-bond donors (Lipinski definition) is 1. The summed E-state index contributed by atoms with van der Waals surface area (Å²) in [5, 5.41) is 15.3. The molecule has 0 spiro atoms. The van der Waals surface area contributed by atoms with Crippen LogP contribution < -0.4 is 5.32 Å². The molecule has 0 aliphatic carbocycles. The number of rotatable bonds is 4. The van der Waals surface area contributed by atoms with Crippen molar-refractivity contribution in [2.24, 2.45) is 0 Å². The van der Waals surface area contributed by atoms with Gasteiger partial charge in [-0.15, -0.1) is 0 Å². The first-order valence-electron chi connectivity index (χ1n) is 5.59. The van der Waals surface area contributed by atoms with Gasteiger partial charge >= 0.3 is 0 Å². The number of nitro benzene ring substituents is 1. The van der Waals surface area contributed by atoms with Gasteiger partial charge in [0.15, 0.2) is 0 Å². The molecule has 2 rings (SSSR count). The van der Waals surface area contributed by atoms with E-state index in [1.54, 1.807) is 18.2 Å². The number of nitrogens with one attached hydrogen (secondary N) is 1. The molecule has 0 saturated carbocycles. The van der Waals surface area contributed by atoms with Gasteiger partial charge in [0.25, 0.3) is 5.69 Å². The van der Waals surface area contributed by atoms with Gasteiger partial charge in [-0.2, -0.15) is 0 Å². The van der Waals surface area contributed by atoms with Crippen LogP contribution in [0.3, 0.4) is 0 Å². The van der Waals surface area contributed by atoms with Gasteiger partial charge in [-0.3, -0.25) is 10.1 Å². The fourth-order valence-corrected chi connectivity index (χ4v) is 2.45. The normalized spacial score (nSPS) is 10.3. The Bertz CT molecular complexity index is 642. The molecule has 1 N–H and O–H groups in total. The topological polar surface area (TPSA) is 55.2 Å². The maximum Gasteiger partial charge on any atom is 0.274 e. The van der Waals surface area contributed by atoms with E-state index in [-0.39, 0.29) is 12.2 Å². The third-order valence-electron chi connectivity index (χ3n) is 2.66. The molecule has 0 bridgehead atoms. The van der Waals surface area contributed by atoms with Gasteiger partial charge in [-0.05, 0) is 24.3 Å². The highest BCUT2D eigenvalue weighted by Crippen LogP contribution is 2.31. The zero-order valence-electron chi connectivity index (χ0n) is 10.1. The van der Waals surface area contributed by atoms with Crippen LogP contribution in [0.4, 0.5) is 11.4 Å². The number of nitrogens with zero attached hydrogens (tertiary/aromatic N) is 1. The summed E-state index contributed by atoms with van der Waals surface area (Å²) in [6, 6.07) is 9.47. The van der Waals surface area contributed by atoms with Crippen molar-refractivity contribution >= 4 is 46.2 Å². The van der Waals surface area contributed by atoms with Crippen molar-refractivity contribution < 1.29 is 4.92 Å². The standard InChI is InChI=1S/C13H9Cl3N2O2/c14-9-4-5-12(18(19)20)8(6-9)7-17-13-10(15)2-1-3-11(13)16/h1-6,17H,7H2. The predicted octanol–water partition coefficient (Wildman–Crippen LogP) is 5.17. The van der Waals surface area contributed by atoms with Crippen LogP contribution >= 0.6 is 34.8 Å². The second-order valence-corrected chi connectivity index (χ2v) is 5.23. The highest BCUT2D eigenvalue weighted by Gasteiger charge is 2.14. The van der Waals surface area contributed by atoms with E-state index >= 15 is 0 Å². The Hall–Kier alpha value is -1.49. The maximum atomic E-state index is 11.0. The van der Waals surface area contributed by atoms with Crippen molar-refractivity contribution in [3.63, 3.8) is 0 Å². The Kier molecular flexibility index (Phi) is 4.70. The van der Waals surface area contributed by atoms with Gasteiger partial charge in [-0.25, -0.2) is 0 Å². The SMILES string of the molecule is O=[N+]([O-])c1ccc(Cl)cc1CNc1c(Cl)cccc1Cl. The molecule has 104 valence electrons. The van der Waals surface area contributed by atoms with Gasteiger partial charge in [0.1, 0.15) is 0 Å². The minimum atomic E-state index is -0.457. The number of halogens is 3. The lowest BCUT2D eigenvalue weighted by molar-refractivity contribution is -0.385. The summed E-state index contributed by atoms with van der Waals surface area (Å²) < 4.78 is 0. The van der Waals surface area contributed by atoms with Crippen molar-refractivity contribution in [1.82, 2.24) is 0 Å². The van der Waals surface area contributed by atoms with E-state index < -0.39 is 4.92 Å². The first-order chi connectivity index (χ1) is 9.49. The molecular formula is C13H9Cl3N2O2. The van der Waals surface area contributed by atoms with Crippen molar-refractivity contribution in [3.05, 3.63) is 67.1 Å². The summed E-state index contributed by atoms with van der Waals surface area (Å²) in [5.74, 6) is 0. The van der Waals surface area contributed by atoms with E-state index in [2.05, 4.69) is 5.32 Å². The molecule has 2 aromatic carbocycles. The molecule has 4 nitrogen and oxygen atoms in total. The fraction of sp³-hybridized carbons (Fsp3) is 0.0769. The molecule has 0 unspecified atom stereocenters. The summed E-state index contributed by atoms with van der Waals surface area (Å²) in [7, 11) is 0. The molecule has 0 aliphatic heterocycles. The summed E-state index contributed by atoms with van der Waals surface area (Å²) in [4.78, 5) is 10.5. The smallest absolute Gasteiger partial charge is 0.274 e. The monoisotopic (exact) mass is 330 g/mol. The van der Waals surface area contributed by atoms with E-state index in [1.165, 1.54) is 18.2 Å². The summed E-state index contributed by atoms with van der Waals surface area (Å²) in [6.07, 6.45) is 0. The molecule has 0 radical (unpaired) electrons. The lowest BCUT2D eigenvalue weighted by Gasteiger charge is -2.10. The minimum absolute atomic E-state index is 0.00919. The molecule has 0 saturated heterocycles. The fourth-order valence-electron chi connectivity index (χ4n) is 1.72. The van der Waals surface area contributed by atoms with Crippen molar-refractivity contribution in [3.8, 4) is 0 Å². The second kappa shape index (κ2) is 6.31. The first-order valence-corrected chi connectivity index (χ1v) is 6.73. The third kappa shape index (κ3) is 3.33. The minimum Gasteiger partial charge on any atom is -0.378 e. The average molecular weight is 332 g/mol. The van der Waals surface area contributed by atoms with Gasteiger partial charge in [0.05, 0.1) is 26.2 Å². The molecule has 0 fully saturated rings. The van der Waals surface area contributed by atoms with Crippen LogP contribution in [0, 0.1) is 10.1 Å². The van der Waals surface area contributed by atoms with Crippen LogP contribution in [-0.2, 0) is 6.54 Å². The van der Waals surface area contributed by atoms with Crippen LogP contribution in [-0.4, -0.2) is 4.92 Å².